The molecule has 15 heavy (non-hydrogen) atoms. The Morgan fingerprint density at radius 2 is 1.87 bits per heavy atom. The second-order valence-electron chi connectivity index (χ2n) is 2.07. The monoisotopic (exact) mass is 240 g/mol. The maximum Gasteiger partial charge on any atom is 0.323 e. The number of hydrogen-bond donors (Lipinski definition) is 0. The van der Waals surface area contributed by atoms with Gasteiger partial charge in [-0.15, -0.1) is 0 Å². The average Bonchev–Trinajstić information content (AvgIpc) is 2.65. The van der Waals surface area contributed by atoms with Crippen LogP contribution >= 0.6 is 0 Å². The van der Waals surface area contributed by atoms with Crippen molar-refractivity contribution >= 4 is 10.4 Å². The van der Waals surface area contributed by atoms with Gasteiger partial charge in [-0.05, 0) is 9.46 Å². The van der Waals surface area contributed by atoms with Crippen molar-refractivity contribution in [2.45, 2.75) is 0 Å². The van der Waals surface area contributed by atoms with Crippen molar-refractivity contribution in [2.24, 2.45) is 0 Å². The van der Waals surface area contributed by atoms with E-state index in [-0.39, 0.29) is 0 Å². The first-order chi connectivity index (χ1) is 6.92. The minimum absolute atomic E-state index is 0.808. The lowest BCUT2D eigenvalue weighted by atomic mass is 11.0. The van der Waals surface area contributed by atoms with E-state index in [0.717, 1.165) is 7.11 Å². The molecule has 0 unspecified atom stereocenters. The van der Waals surface area contributed by atoms with Crippen LogP contribution in [0.25, 0.3) is 0 Å². The van der Waals surface area contributed by atoms with E-state index in [4.69, 9.17) is 9.68 Å². The van der Waals surface area contributed by atoms with Crippen LogP contribution in [0.2, 0.25) is 0 Å². The van der Waals surface area contributed by atoms with Crippen LogP contribution in [0.4, 0.5) is 0 Å². The van der Waals surface area contributed by atoms with E-state index in [1.807, 2.05) is 0 Å². The maximum absolute atomic E-state index is 9.22. The fourth-order valence-corrected chi connectivity index (χ4v) is 0.537. The summed E-state index contributed by atoms with van der Waals surface area (Å²) in [6, 6.07) is 0. The summed E-state index contributed by atoms with van der Waals surface area (Å²) in [6.45, 7) is 0. The molecule has 1 heterocycles. The molecule has 88 valence electrons. The van der Waals surface area contributed by atoms with E-state index in [9.17, 15) is 13.0 Å². The molecule has 0 aliphatic heterocycles. The van der Waals surface area contributed by atoms with Crippen molar-refractivity contribution in [2.75, 3.05) is 21.3 Å². The van der Waals surface area contributed by atoms with Gasteiger partial charge in [0.2, 0.25) is 10.4 Å². The molecule has 0 bridgehead atoms. The summed E-state index contributed by atoms with van der Waals surface area (Å²) in [5.74, 6) is 0. The third-order valence-electron chi connectivity index (χ3n) is 1.21. The molecule has 1 rings (SSSR count). The first-order valence-corrected chi connectivity index (χ1v) is 4.96. The van der Waals surface area contributed by atoms with Crippen molar-refractivity contribution in [1.82, 2.24) is 4.73 Å². The van der Waals surface area contributed by atoms with Crippen molar-refractivity contribution in [3.63, 3.8) is 0 Å². The lowest BCUT2D eigenvalue weighted by Gasteiger charge is -1.98. The zero-order valence-corrected chi connectivity index (χ0v) is 9.30. The third-order valence-corrected chi connectivity index (χ3v) is 1.62. The molecular formula is C6H12N2O6S. The Bertz CT molecular complexity index is 354. The molecule has 1 aromatic rings. The molecule has 0 spiro atoms. The van der Waals surface area contributed by atoms with Gasteiger partial charge in [-0.2, -0.15) is 0 Å². The number of imidazole rings is 1. The summed E-state index contributed by atoms with van der Waals surface area (Å²) in [6.07, 6.45) is 5.15. The Morgan fingerprint density at radius 3 is 2.07 bits per heavy atom. The summed E-state index contributed by atoms with van der Waals surface area (Å²) in [5, 5.41) is 0. The van der Waals surface area contributed by atoms with Crippen molar-refractivity contribution in [3.8, 4) is 0 Å². The van der Waals surface area contributed by atoms with Crippen LogP contribution in [0.1, 0.15) is 0 Å². The second kappa shape index (κ2) is 6.22. The lowest BCUT2D eigenvalue weighted by molar-refractivity contribution is -0.885. The van der Waals surface area contributed by atoms with E-state index in [1.54, 1.807) is 32.9 Å². The largest absolute Gasteiger partial charge is 0.726 e. The Morgan fingerprint density at radius 1 is 1.33 bits per heavy atom. The minimum atomic E-state index is -4.41. The standard InChI is InChI=1S/C5H9N2O2.CH4O4S/c1-8-6-3-4-7(5-6)9-2;1-5-6(2,3)4/h3-5H,1-2H3;1H3,(H,2,3,4)/q+1;/p-1. The summed E-state index contributed by atoms with van der Waals surface area (Å²) < 4.78 is 34.1. The molecule has 0 radical (unpaired) electrons. The quantitative estimate of drug-likeness (QED) is 0.344. The number of aromatic nitrogens is 2. The fourth-order valence-electron chi connectivity index (χ4n) is 0.537. The predicted molar refractivity (Wildman–Crippen MR) is 46.3 cm³/mol. The molecule has 0 aromatic carbocycles. The SMILES string of the molecule is COS(=O)(=O)[O-].COn1cc[n+](OC)c1. The highest BCUT2D eigenvalue weighted by molar-refractivity contribution is 7.80. The molecule has 1 aromatic heterocycles. The van der Waals surface area contributed by atoms with Crippen molar-refractivity contribution in [1.29, 1.82) is 0 Å². The van der Waals surface area contributed by atoms with Crippen LogP contribution in [0.3, 0.4) is 0 Å². The molecule has 0 aliphatic rings. The summed E-state index contributed by atoms with van der Waals surface area (Å²) in [5.41, 5.74) is 0. The van der Waals surface area contributed by atoms with E-state index in [2.05, 4.69) is 4.18 Å². The maximum atomic E-state index is 9.22. The molecule has 0 atom stereocenters. The third kappa shape index (κ3) is 6.71. The second-order valence-corrected chi connectivity index (χ2v) is 3.22. The van der Waals surface area contributed by atoms with E-state index in [1.165, 1.54) is 9.46 Å². The van der Waals surface area contributed by atoms with Crippen LogP contribution in [-0.4, -0.2) is 39.0 Å². The lowest BCUT2D eigenvalue weighted by Crippen LogP contribution is -2.38. The Kier molecular flexibility index (Phi) is 5.67. The van der Waals surface area contributed by atoms with Crippen LogP contribution in [-0.2, 0) is 14.6 Å². The number of hydrogen-bond acceptors (Lipinski definition) is 6. The van der Waals surface area contributed by atoms with E-state index < -0.39 is 10.4 Å². The molecule has 0 saturated heterocycles. The molecule has 0 N–H and O–H groups in total. The predicted octanol–water partition coefficient (Wildman–Crippen LogP) is -2.01. The molecule has 0 fully saturated rings. The van der Waals surface area contributed by atoms with Gasteiger partial charge in [0.25, 0.3) is 0 Å². The summed E-state index contributed by atoms with van der Waals surface area (Å²) >= 11 is 0. The van der Waals surface area contributed by atoms with Gasteiger partial charge in [0.05, 0.1) is 7.11 Å². The van der Waals surface area contributed by atoms with Gasteiger partial charge in [0, 0.05) is 0 Å². The van der Waals surface area contributed by atoms with Gasteiger partial charge in [-0.3, -0.25) is 4.18 Å². The molecule has 8 nitrogen and oxygen atoms in total. The van der Waals surface area contributed by atoms with Crippen molar-refractivity contribution < 1.29 is 31.6 Å². The smallest absolute Gasteiger partial charge is 0.323 e. The summed E-state index contributed by atoms with van der Waals surface area (Å²) in [4.78, 5) is 9.62. The normalized spacial score (nSPS) is 10.1. The van der Waals surface area contributed by atoms with Gasteiger partial charge in [-0.25, -0.2) is 8.42 Å². The Labute approximate surface area is 87.5 Å². The molecule has 0 aliphatic carbocycles. The van der Waals surface area contributed by atoms with Gasteiger partial charge < -0.3 is 14.2 Å². The number of nitrogens with zero attached hydrogens (tertiary/aromatic N) is 2. The molecule has 9 heteroatoms. The van der Waals surface area contributed by atoms with Gasteiger partial charge in [0.15, 0.2) is 12.4 Å². The highest BCUT2D eigenvalue weighted by atomic mass is 32.3. The van der Waals surface area contributed by atoms with Crippen LogP contribution < -0.4 is 14.4 Å². The molecule has 0 amide bonds. The minimum Gasteiger partial charge on any atom is -0.726 e. The fraction of sp³-hybridized carbons (Fsp3) is 0.500. The Hall–Kier alpha value is -1.32. The zero-order valence-electron chi connectivity index (χ0n) is 8.48. The van der Waals surface area contributed by atoms with Crippen LogP contribution in [0.5, 0.6) is 0 Å². The number of rotatable bonds is 3. The topological polar surface area (TPSA) is 93.7 Å². The van der Waals surface area contributed by atoms with Gasteiger partial charge >= 0.3 is 6.33 Å². The van der Waals surface area contributed by atoms with Gasteiger partial charge in [0.1, 0.15) is 14.2 Å². The first kappa shape index (κ1) is 13.7. The Balaban J connectivity index is 0.000000288. The summed E-state index contributed by atoms with van der Waals surface area (Å²) in [7, 11) is -0.437. The molecular weight excluding hydrogens is 228 g/mol. The highest BCUT2D eigenvalue weighted by Gasteiger charge is 1.99. The molecule has 0 saturated carbocycles. The van der Waals surface area contributed by atoms with E-state index >= 15 is 0 Å². The first-order valence-electron chi connectivity index (χ1n) is 3.62. The van der Waals surface area contributed by atoms with E-state index in [0.29, 0.717) is 0 Å². The van der Waals surface area contributed by atoms with Crippen LogP contribution in [0.15, 0.2) is 18.7 Å². The van der Waals surface area contributed by atoms with Crippen molar-refractivity contribution in [3.05, 3.63) is 18.7 Å². The average molecular weight is 240 g/mol. The highest BCUT2D eigenvalue weighted by Crippen LogP contribution is 1.74. The van der Waals surface area contributed by atoms with Crippen LogP contribution in [0, 0.1) is 0 Å². The zero-order chi connectivity index (χ0) is 11.9. The van der Waals surface area contributed by atoms with Gasteiger partial charge in [-0.1, -0.05) is 0 Å².